The number of nitrogens with two attached hydrogens (primary N) is 1. The normalized spacial score (nSPS) is 13.1. The predicted octanol–water partition coefficient (Wildman–Crippen LogP) is 3.77. The van der Waals surface area contributed by atoms with Crippen LogP contribution in [0.2, 0.25) is 5.02 Å². The highest BCUT2D eigenvalue weighted by Gasteiger charge is 2.24. The summed E-state index contributed by atoms with van der Waals surface area (Å²) in [4.78, 5) is 27.9. The minimum Gasteiger partial charge on any atom is -0.507 e. The minimum absolute atomic E-state index is 0.0818. The van der Waals surface area contributed by atoms with Crippen molar-refractivity contribution in [3.05, 3.63) is 53.2 Å². The van der Waals surface area contributed by atoms with Crippen molar-refractivity contribution in [1.29, 1.82) is 0 Å². The Hall–Kier alpha value is -3.52. The van der Waals surface area contributed by atoms with Crippen molar-refractivity contribution in [2.24, 2.45) is 5.73 Å². The van der Waals surface area contributed by atoms with E-state index in [-0.39, 0.29) is 34.2 Å². The van der Waals surface area contributed by atoms with Crippen LogP contribution in [0.4, 0.5) is 10.5 Å². The van der Waals surface area contributed by atoms with Crippen molar-refractivity contribution >= 4 is 40.1 Å². The second-order valence-electron chi connectivity index (χ2n) is 6.66. The number of ether oxygens (including phenoxy) is 1. The minimum atomic E-state index is -0.797. The SMILES string of the molecule is NC(=O)c1cc2c(Oc3ccccc3NC(=O)NC3CC3)c(Cl)cnc2cc1O. The summed E-state index contributed by atoms with van der Waals surface area (Å²) >= 11 is 6.29. The monoisotopic (exact) mass is 412 g/mol. The van der Waals surface area contributed by atoms with Crippen LogP contribution >= 0.6 is 11.6 Å². The van der Waals surface area contributed by atoms with Crippen LogP contribution < -0.4 is 21.1 Å². The lowest BCUT2D eigenvalue weighted by Gasteiger charge is -2.15. The summed E-state index contributed by atoms with van der Waals surface area (Å²) in [7, 11) is 0. The molecule has 1 heterocycles. The molecule has 5 N–H and O–H groups in total. The van der Waals surface area contributed by atoms with Gasteiger partial charge in [0.05, 0.1) is 16.8 Å². The number of rotatable bonds is 5. The summed E-state index contributed by atoms with van der Waals surface area (Å²) in [5.74, 6) is -0.517. The van der Waals surface area contributed by atoms with E-state index in [0.717, 1.165) is 12.8 Å². The number of amides is 3. The Morgan fingerprint density at radius 3 is 2.72 bits per heavy atom. The summed E-state index contributed by atoms with van der Waals surface area (Å²) < 4.78 is 6.00. The molecule has 1 saturated carbocycles. The number of carbonyl (C=O) groups is 2. The largest absolute Gasteiger partial charge is 0.507 e. The van der Waals surface area contributed by atoms with E-state index >= 15 is 0 Å². The van der Waals surface area contributed by atoms with Crippen LogP contribution in [0.5, 0.6) is 17.2 Å². The van der Waals surface area contributed by atoms with Crippen LogP contribution in [-0.4, -0.2) is 28.1 Å². The van der Waals surface area contributed by atoms with Crippen LogP contribution in [0.1, 0.15) is 23.2 Å². The zero-order chi connectivity index (χ0) is 20.5. The quantitative estimate of drug-likeness (QED) is 0.507. The lowest BCUT2D eigenvalue weighted by molar-refractivity contribution is 0.0998. The maximum absolute atomic E-state index is 12.1. The Bertz CT molecular complexity index is 1130. The molecule has 29 heavy (non-hydrogen) atoms. The van der Waals surface area contributed by atoms with Crippen molar-refractivity contribution in [2.75, 3.05) is 5.32 Å². The van der Waals surface area contributed by atoms with E-state index in [1.807, 2.05) is 0 Å². The summed E-state index contributed by atoms with van der Waals surface area (Å²) in [5, 5.41) is 16.2. The summed E-state index contributed by atoms with van der Waals surface area (Å²) in [5.41, 5.74) is 6.05. The number of aromatic nitrogens is 1. The summed E-state index contributed by atoms with van der Waals surface area (Å²) in [6, 6.07) is 9.44. The van der Waals surface area contributed by atoms with E-state index < -0.39 is 5.91 Å². The average Bonchev–Trinajstić information content (AvgIpc) is 3.48. The molecule has 8 nitrogen and oxygen atoms in total. The van der Waals surface area contributed by atoms with Crippen LogP contribution in [0.15, 0.2) is 42.6 Å². The molecule has 1 aromatic heterocycles. The Kier molecular flexibility index (Phi) is 4.85. The van der Waals surface area contributed by atoms with E-state index in [1.165, 1.54) is 18.3 Å². The molecule has 0 spiro atoms. The first-order chi connectivity index (χ1) is 13.9. The fourth-order valence-corrected chi connectivity index (χ4v) is 3.01. The number of fused-ring (bicyclic) bond motifs is 1. The Morgan fingerprint density at radius 2 is 2.00 bits per heavy atom. The second-order valence-corrected chi connectivity index (χ2v) is 7.06. The van der Waals surface area contributed by atoms with Gasteiger partial charge >= 0.3 is 6.03 Å². The number of nitrogens with one attached hydrogen (secondary N) is 2. The molecule has 0 bridgehead atoms. The highest BCUT2D eigenvalue weighted by Crippen LogP contribution is 2.39. The van der Waals surface area contributed by atoms with Crippen molar-refractivity contribution in [1.82, 2.24) is 10.3 Å². The number of nitrogens with zero attached hydrogens (tertiary/aromatic N) is 1. The number of halogens is 1. The summed E-state index contributed by atoms with van der Waals surface area (Å²) in [6.07, 6.45) is 3.32. The second kappa shape index (κ2) is 7.48. The molecule has 0 unspecified atom stereocenters. The van der Waals surface area contributed by atoms with E-state index in [9.17, 15) is 14.7 Å². The van der Waals surface area contributed by atoms with E-state index in [4.69, 9.17) is 22.1 Å². The van der Waals surface area contributed by atoms with Gasteiger partial charge in [-0.1, -0.05) is 23.7 Å². The van der Waals surface area contributed by atoms with Gasteiger partial charge in [-0.15, -0.1) is 0 Å². The van der Waals surface area contributed by atoms with Gasteiger partial charge in [0.25, 0.3) is 5.91 Å². The number of benzene rings is 2. The highest BCUT2D eigenvalue weighted by molar-refractivity contribution is 6.33. The van der Waals surface area contributed by atoms with Crippen molar-refractivity contribution in [3.63, 3.8) is 0 Å². The molecule has 0 aliphatic heterocycles. The van der Waals surface area contributed by atoms with Gasteiger partial charge in [-0.25, -0.2) is 4.79 Å². The van der Waals surface area contributed by atoms with Gasteiger partial charge in [-0.3, -0.25) is 9.78 Å². The molecule has 3 aromatic rings. The Balaban J connectivity index is 1.72. The number of urea groups is 1. The molecule has 0 saturated heterocycles. The van der Waals surface area contributed by atoms with Crippen molar-refractivity contribution < 1.29 is 19.4 Å². The van der Waals surface area contributed by atoms with E-state index in [0.29, 0.717) is 22.3 Å². The molecule has 148 valence electrons. The number of pyridine rings is 1. The lowest BCUT2D eigenvalue weighted by atomic mass is 10.1. The number of para-hydroxylation sites is 2. The first-order valence-electron chi connectivity index (χ1n) is 8.88. The molecule has 4 rings (SSSR count). The third-order valence-electron chi connectivity index (χ3n) is 4.42. The third-order valence-corrected chi connectivity index (χ3v) is 4.69. The Labute approximate surface area is 170 Å². The molecule has 2 aromatic carbocycles. The number of primary amides is 1. The van der Waals surface area contributed by atoms with Gasteiger partial charge in [-0.05, 0) is 31.0 Å². The standard InChI is InChI=1S/C20H17ClN4O4/c21-13-9-23-15-8-16(26)12(19(22)27)7-11(15)18(13)29-17-4-2-1-3-14(17)25-20(28)24-10-5-6-10/h1-4,7-10,26H,5-6H2,(H2,22,27)(H2,24,25,28). The van der Waals surface area contributed by atoms with Gasteiger partial charge in [0, 0.05) is 23.7 Å². The number of anilines is 1. The number of hydrogen-bond acceptors (Lipinski definition) is 5. The number of carbonyl (C=O) groups excluding carboxylic acids is 2. The van der Waals surface area contributed by atoms with Crippen LogP contribution in [0.25, 0.3) is 10.9 Å². The topological polar surface area (TPSA) is 127 Å². The fourth-order valence-electron chi connectivity index (χ4n) is 2.82. The molecule has 0 radical (unpaired) electrons. The first kappa shape index (κ1) is 18.8. The van der Waals surface area contributed by atoms with E-state index in [2.05, 4.69) is 15.6 Å². The molecule has 0 atom stereocenters. The molecule has 9 heteroatoms. The summed E-state index contributed by atoms with van der Waals surface area (Å²) in [6.45, 7) is 0. The van der Waals surface area contributed by atoms with Crippen molar-refractivity contribution in [3.8, 4) is 17.2 Å². The molecule has 3 amide bonds. The highest BCUT2D eigenvalue weighted by atomic mass is 35.5. The maximum atomic E-state index is 12.1. The van der Waals surface area contributed by atoms with Crippen molar-refractivity contribution in [2.45, 2.75) is 18.9 Å². The van der Waals surface area contributed by atoms with Gasteiger partial charge in [0.15, 0.2) is 11.5 Å². The number of hydrogen-bond donors (Lipinski definition) is 4. The van der Waals surface area contributed by atoms with Gasteiger partial charge in [0.2, 0.25) is 0 Å². The predicted molar refractivity (Wildman–Crippen MR) is 109 cm³/mol. The van der Waals surface area contributed by atoms with Gasteiger partial charge in [0.1, 0.15) is 10.8 Å². The Morgan fingerprint density at radius 1 is 1.24 bits per heavy atom. The van der Waals surface area contributed by atoms with E-state index in [1.54, 1.807) is 24.3 Å². The third kappa shape index (κ3) is 4.02. The molecular weight excluding hydrogens is 396 g/mol. The molecular formula is C20H17ClN4O4. The number of aromatic hydroxyl groups is 1. The zero-order valence-corrected chi connectivity index (χ0v) is 15.9. The average molecular weight is 413 g/mol. The molecule has 1 aliphatic rings. The number of phenols is 1. The smallest absolute Gasteiger partial charge is 0.319 e. The van der Waals surface area contributed by atoms with Crippen LogP contribution in [0, 0.1) is 0 Å². The van der Waals surface area contributed by atoms with Crippen LogP contribution in [0.3, 0.4) is 0 Å². The lowest BCUT2D eigenvalue weighted by Crippen LogP contribution is -2.30. The molecule has 1 fully saturated rings. The first-order valence-corrected chi connectivity index (χ1v) is 9.25. The molecule has 1 aliphatic carbocycles. The maximum Gasteiger partial charge on any atom is 0.319 e. The zero-order valence-electron chi connectivity index (χ0n) is 15.1. The van der Waals surface area contributed by atoms with Gasteiger partial charge in [-0.2, -0.15) is 0 Å². The fraction of sp³-hybridized carbons (Fsp3) is 0.150. The van der Waals surface area contributed by atoms with Crippen LogP contribution in [-0.2, 0) is 0 Å². The van der Waals surface area contributed by atoms with Gasteiger partial charge < -0.3 is 26.2 Å².